The van der Waals surface area contributed by atoms with Gasteiger partial charge in [-0.25, -0.2) is 4.98 Å². The van der Waals surface area contributed by atoms with E-state index in [1.54, 1.807) is 25.3 Å². The summed E-state index contributed by atoms with van der Waals surface area (Å²) in [6.07, 6.45) is 0. The Kier molecular flexibility index (Phi) is 5.03. The summed E-state index contributed by atoms with van der Waals surface area (Å²) in [7, 11) is 1.62. The van der Waals surface area contributed by atoms with E-state index in [2.05, 4.69) is 15.4 Å². The molecule has 0 spiro atoms. The number of hydrogen-bond donors (Lipinski definition) is 1. The SMILES string of the molecule is COc1cccc(-c2nc3ccc(C(=O)NCCn4nc(C)cc4C)cc3o2)c1. The van der Waals surface area contributed by atoms with Gasteiger partial charge in [-0.2, -0.15) is 5.10 Å². The van der Waals surface area contributed by atoms with E-state index in [1.807, 2.05) is 48.9 Å². The molecule has 4 aromatic rings. The third kappa shape index (κ3) is 3.99. The largest absolute Gasteiger partial charge is 0.497 e. The molecule has 0 saturated carbocycles. The van der Waals surface area contributed by atoms with Gasteiger partial charge in [0.25, 0.3) is 5.91 Å². The number of fused-ring (bicyclic) bond motifs is 1. The van der Waals surface area contributed by atoms with Crippen LogP contribution in [-0.2, 0) is 6.54 Å². The fourth-order valence-electron chi connectivity index (χ4n) is 3.22. The number of methoxy groups -OCH3 is 1. The van der Waals surface area contributed by atoms with Crippen LogP contribution in [0.4, 0.5) is 0 Å². The van der Waals surface area contributed by atoms with Crippen LogP contribution in [0, 0.1) is 13.8 Å². The molecule has 2 aromatic heterocycles. The molecular weight excluding hydrogens is 368 g/mol. The van der Waals surface area contributed by atoms with Gasteiger partial charge in [-0.05, 0) is 56.3 Å². The molecule has 0 aliphatic heterocycles. The Labute approximate surface area is 168 Å². The van der Waals surface area contributed by atoms with Crippen LogP contribution in [0.2, 0.25) is 0 Å². The van der Waals surface area contributed by atoms with Crippen molar-refractivity contribution >= 4 is 17.0 Å². The highest BCUT2D eigenvalue weighted by atomic mass is 16.5. The predicted molar refractivity (Wildman–Crippen MR) is 110 cm³/mol. The average Bonchev–Trinajstić information content (AvgIpc) is 3.29. The first kappa shape index (κ1) is 18.7. The Morgan fingerprint density at radius 1 is 1.17 bits per heavy atom. The molecule has 0 radical (unpaired) electrons. The second kappa shape index (κ2) is 7.79. The molecule has 2 heterocycles. The van der Waals surface area contributed by atoms with Gasteiger partial charge in [0, 0.05) is 23.4 Å². The molecule has 29 heavy (non-hydrogen) atoms. The fourth-order valence-corrected chi connectivity index (χ4v) is 3.22. The minimum absolute atomic E-state index is 0.159. The van der Waals surface area contributed by atoms with Crippen LogP contribution in [0.3, 0.4) is 0 Å². The number of nitrogens with one attached hydrogen (secondary N) is 1. The number of hydrogen-bond acceptors (Lipinski definition) is 5. The molecule has 4 rings (SSSR count). The highest BCUT2D eigenvalue weighted by Gasteiger charge is 2.12. The van der Waals surface area contributed by atoms with Crippen molar-refractivity contribution in [2.75, 3.05) is 13.7 Å². The molecule has 0 fully saturated rings. The summed E-state index contributed by atoms with van der Waals surface area (Å²) >= 11 is 0. The maximum absolute atomic E-state index is 12.5. The normalized spacial score (nSPS) is 11.0. The van der Waals surface area contributed by atoms with E-state index in [0.29, 0.717) is 35.6 Å². The molecule has 0 saturated heterocycles. The van der Waals surface area contributed by atoms with Crippen molar-refractivity contribution in [3.63, 3.8) is 0 Å². The number of rotatable bonds is 6. The van der Waals surface area contributed by atoms with Gasteiger partial charge >= 0.3 is 0 Å². The standard InChI is InChI=1S/C22H22N4O3/c1-14-11-15(2)26(25-14)10-9-23-21(27)16-7-8-19-20(13-16)29-22(24-19)17-5-4-6-18(12-17)28-3/h4-8,11-13H,9-10H2,1-3H3,(H,23,27). The number of aryl methyl sites for hydroxylation is 2. The minimum Gasteiger partial charge on any atom is -0.497 e. The third-order valence-corrected chi connectivity index (χ3v) is 4.68. The molecular formula is C22H22N4O3. The Morgan fingerprint density at radius 3 is 2.79 bits per heavy atom. The lowest BCUT2D eigenvalue weighted by molar-refractivity contribution is 0.0952. The zero-order chi connectivity index (χ0) is 20.4. The number of nitrogens with zero attached hydrogens (tertiary/aromatic N) is 3. The number of carbonyl (C=O) groups excluding carboxylic acids is 1. The predicted octanol–water partition coefficient (Wildman–Crippen LogP) is 3.75. The number of carbonyl (C=O) groups is 1. The van der Waals surface area contributed by atoms with Crippen molar-refractivity contribution in [2.24, 2.45) is 0 Å². The van der Waals surface area contributed by atoms with E-state index >= 15 is 0 Å². The van der Waals surface area contributed by atoms with Crippen LogP contribution in [-0.4, -0.2) is 34.3 Å². The van der Waals surface area contributed by atoms with E-state index in [-0.39, 0.29) is 5.91 Å². The van der Waals surface area contributed by atoms with Crippen LogP contribution in [0.25, 0.3) is 22.6 Å². The Bertz CT molecular complexity index is 1180. The van der Waals surface area contributed by atoms with Crippen molar-refractivity contribution in [1.29, 1.82) is 0 Å². The van der Waals surface area contributed by atoms with Crippen LogP contribution in [0.15, 0.2) is 52.9 Å². The summed E-state index contributed by atoms with van der Waals surface area (Å²) in [5.74, 6) is 1.06. The van der Waals surface area contributed by atoms with Crippen molar-refractivity contribution in [3.05, 3.63) is 65.5 Å². The third-order valence-electron chi connectivity index (χ3n) is 4.68. The van der Waals surface area contributed by atoms with Gasteiger partial charge in [-0.1, -0.05) is 6.07 Å². The molecule has 7 nitrogen and oxygen atoms in total. The molecule has 148 valence electrons. The monoisotopic (exact) mass is 390 g/mol. The Hall–Kier alpha value is -3.61. The maximum atomic E-state index is 12.5. The first-order chi connectivity index (χ1) is 14.0. The fraction of sp³-hybridized carbons (Fsp3) is 0.227. The van der Waals surface area contributed by atoms with E-state index in [4.69, 9.17) is 9.15 Å². The number of benzene rings is 2. The highest BCUT2D eigenvalue weighted by molar-refractivity contribution is 5.97. The molecule has 0 atom stereocenters. The van der Waals surface area contributed by atoms with Crippen molar-refractivity contribution < 1.29 is 13.9 Å². The first-order valence-electron chi connectivity index (χ1n) is 9.38. The lowest BCUT2D eigenvalue weighted by atomic mass is 10.2. The van der Waals surface area contributed by atoms with Gasteiger partial charge < -0.3 is 14.5 Å². The van der Waals surface area contributed by atoms with E-state index in [9.17, 15) is 4.79 Å². The van der Waals surface area contributed by atoms with E-state index in [1.165, 1.54) is 0 Å². The summed E-state index contributed by atoms with van der Waals surface area (Å²) in [6, 6.07) is 14.8. The zero-order valence-electron chi connectivity index (χ0n) is 16.6. The van der Waals surface area contributed by atoms with Crippen LogP contribution < -0.4 is 10.1 Å². The molecule has 0 bridgehead atoms. The van der Waals surface area contributed by atoms with E-state index in [0.717, 1.165) is 22.7 Å². The molecule has 1 amide bonds. The second-order valence-electron chi connectivity index (χ2n) is 6.84. The Balaban J connectivity index is 1.48. The average molecular weight is 390 g/mol. The molecule has 0 aliphatic rings. The number of amides is 1. The molecule has 0 aliphatic carbocycles. The number of ether oxygens (including phenoxy) is 1. The van der Waals surface area contributed by atoms with Gasteiger partial charge in [-0.3, -0.25) is 9.48 Å². The lowest BCUT2D eigenvalue weighted by Crippen LogP contribution is -2.27. The van der Waals surface area contributed by atoms with Crippen LogP contribution >= 0.6 is 0 Å². The molecule has 7 heteroatoms. The Morgan fingerprint density at radius 2 is 2.03 bits per heavy atom. The molecule has 1 N–H and O–H groups in total. The quantitative estimate of drug-likeness (QED) is 0.542. The van der Waals surface area contributed by atoms with Gasteiger partial charge in [0.2, 0.25) is 5.89 Å². The highest BCUT2D eigenvalue weighted by Crippen LogP contribution is 2.27. The van der Waals surface area contributed by atoms with Crippen molar-refractivity contribution in [2.45, 2.75) is 20.4 Å². The summed E-state index contributed by atoms with van der Waals surface area (Å²) in [4.78, 5) is 17.0. The minimum atomic E-state index is -0.159. The summed E-state index contributed by atoms with van der Waals surface area (Å²) in [5.41, 5.74) is 4.65. The van der Waals surface area contributed by atoms with Crippen LogP contribution in [0.5, 0.6) is 5.75 Å². The molecule has 2 aromatic carbocycles. The molecule has 0 unspecified atom stereocenters. The number of aromatic nitrogens is 3. The van der Waals surface area contributed by atoms with E-state index < -0.39 is 0 Å². The summed E-state index contributed by atoms with van der Waals surface area (Å²) < 4.78 is 13.0. The van der Waals surface area contributed by atoms with Gasteiger partial charge in [0.05, 0.1) is 19.3 Å². The maximum Gasteiger partial charge on any atom is 0.251 e. The lowest BCUT2D eigenvalue weighted by Gasteiger charge is -2.07. The zero-order valence-corrected chi connectivity index (χ0v) is 16.6. The van der Waals surface area contributed by atoms with Gasteiger partial charge in [-0.15, -0.1) is 0 Å². The summed E-state index contributed by atoms with van der Waals surface area (Å²) in [5, 5.41) is 7.32. The second-order valence-corrected chi connectivity index (χ2v) is 6.84. The van der Waals surface area contributed by atoms with Crippen LogP contribution in [0.1, 0.15) is 21.7 Å². The van der Waals surface area contributed by atoms with Crippen molar-refractivity contribution in [1.82, 2.24) is 20.1 Å². The van der Waals surface area contributed by atoms with Gasteiger partial charge in [0.15, 0.2) is 5.58 Å². The number of oxazole rings is 1. The van der Waals surface area contributed by atoms with Crippen molar-refractivity contribution in [3.8, 4) is 17.2 Å². The topological polar surface area (TPSA) is 82.2 Å². The van der Waals surface area contributed by atoms with Gasteiger partial charge in [0.1, 0.15) is 11.3 Å². The first-order valence-corrected chi connectivity index (χ1v) is 9.38. The summed E-state index contributed by atoms with van der Waals surface area (Å²) in [6.45, 7) is 5.06. The smallest absolute Gasteiger partial charge is 0.251 e.